The molecule has 0 aliphatic carbocycles. The van der Waals surface area contributed by atoms with Crippen LogP contribution in [0.5, 0.6) is 0 Å². The Balaban J connectivity index is 0.00000289. The Morgan fingerprint density at radius 3 is 2.59 bits per heavy atom. The van der Waals surface area contributed by atoms with Gasteiger partial charge < -0.3 is 19.8 Å². The number of hydrogen-bond acceptors (Lipinski definition) is 4. The van der Waals surface area contributed by atoms with E-state index >= 15 is 0 Å². The molecule has 3 heterocycles. The summed E-state index contributed by atoms with van der Waals surface area (Å²) < 4.78 is 21.0. The normalized spacial score (nSPS) is 15.9. The summed E-state index contributed by atoms with van der Waals surface area (Å²) in [5, 5.41) is 6.77. The van der Waals surface area contributed by atoms with Gasteiger partial charge in [0.15, 0.2) is 5.96 Å². The van der Waals surface area contributed by atoms with E-state index in [0.29, 0.717) is 32.3 Å². The number of nitrogens with one attached hydrogen (secondary N) is 2. The van der Waals surface area contributed by atoms with Gasteiger partial charge in [-0.05, 0) is 36.8 Å². The summed E-state index contributed by atoms with van der Waals surface area (Å²) in [6.45, 7) is 6.38. The zero-order chi connectivity index (χ0) is 21.6. The van der Waals surface area contributed by atoms with E-state index in [1.54, 1.807) is 7.05 Å². The minimum atomic E-state index is -0.224. The molecule has 4 rings (SSSR count). The Labute approximate surface area is 205 Å². The molecule has 32 heavy (non-hydrogen) atoms. The molecule has 1 aromatic carbocycles. The highest BCUT2D eigenvalue weighted by atomic mass is 127. The molecule has 0 saturated carbocycles. The van der Waals surface area contributed by atoms with Crippen molar-refractivity contribution in [3.05, 3.63) is 71.4 Å². The van der Waals surface area contributed by atoms with Crippen LogP contribution in [0.1, 0.15) is 23.0 Å². The topological polar surface area (TPSA) is 66.2 Å². The fraction of sp³-hybridized carbons (Fsp3) is 0.391. The van der Waals surface area contributed by atoms with Crippen molar-refractivity contribution >= 4 is 35.6 Å². The number of nitrogens with zero attached hydrogens (tertiary/aromatic N) is 4. The molecule has 172 valence electrons. The van der Waals surface area contributed by atoms with E-state index in [0.717, 1.165) is 35.7 Å². The first-order chi connectivity index (χ1) is 15.1. The number of halogens is 2. The second kappa shape index (κ2) is 11.6. The summed E-state index contributed by atoms with van der Waals surface area (Å²) in [4.78, 5) is 11.4. The molecule has 1 aliphatic rings. The third-order valence-electron chi connectivity index (χ3n) is 5.61. The summed E-state index contributed by atoms with van der Waals surface area (Å²) in [6, 6.07) is 12.9. The SMILES string of the molecule is CN=C(NCc1cn2c(C)cccc2n1)NCC(c1ccc(F)cc1)N1CCOCC1.I. The van der Waals surface area contributed by atoms with Crippen LogP contribution >= 0.6 is 24.0 Å². The fourth-order valence-electron chi connectivity index (χ4n) is 3.90. The molecule has 1 fully saturated rings. The quantitative estimate of drug-likeness (QED) is 0.280. The van der Waals surface area contributed by atoms with Gasteiger partial charge in [-0.25, -0.2) is 9.37 Å². The first kappa shape index (κ1) is 24.4. The molecule has 2 N–H and O–H groups in total. The smallest absolute Gasteiger partial charge is 0.191 e. The van der Waals surface area contributed by atoms with Crippen LogP contribution in [0.2, 0.25) is 0 Å². The van der Waals surface area contributed by atoms with Gasteiger partial charge in [-0.2, -0.15) is 0 Å². The minimum absolute atomic E-state index is 0. The molecular formula is C23H30FIN6O. The Morgan fingerprint density at radius 1 is 1.16 bits per heavy atom. The van der Waals surface area contributed by atoms with Crippen molar-refractivity contribution in [2.75, 3.05) is 39.9 Å². The van der Waals surface area contributed by atoms with Crippen LogP contribution < -0.4 is 10.6 Å². The number of aromatic nitrogens is 2. The number of hydrogen-bond donors (Lipinski definition) is 2. The summed E-state index contributed by atoms with van der Waals surface area (Å²) in [5.41, 5.74) is 4.09. The van der Waals surface area contributed by atoms with Crippen molar-refractivity contribution in [2.45, 2.75) is 19.5 Å². The van der Waals surface area contributed by atoms with Gasteiger partial charge in [-0.15, -0.1) is 24.0 Å². The third kappa shape index (κ3) is 5.96. The second-order valence-corrected chi connectivity index (χ2v) is 7.65. The molecule has 0 bridgehead atoms. The largest absolute Gasteiger partial charge is 0.379 e. The number of morpholine rings is 1. The number of aryl methyl sites for hydroxylation is 1. The molecule has 3 aromatic rings. The van der Waals surface area contributed by atoms with Gasteiger partial charge in [-0.3, -0.25) is 9.89 Å². The van der Waals surface area contributed by atoms with Gasteiger partial charge >= 0.3 is 0 Å². The Bertz CT molecular complexity index is 1030. The minimum Gasteiger partial charge on any atom is -0.379 e. The van der Waals surface area contributed by atoms with Gasteiger partial charge in [0.25, 0.3) is 0 Å². The van der Waals surface area contributed by atoms with E-state index in [2.05, 4.69) is 42.9 Å². The summed E-state index contributed by atoms with van der Waals surface area (Å²) in [7, 11) is 1.75. The maximum Gasteiger partial charge on any atom is 0.191 e. The maximum absolute atomic E-state index is 13.4. The van der Waals surface area contributed by atoms with E-state index in [-0.39, 0.29) is 35.8 Å². The Morgan fingerprint density at radius 2 is 1.91 bits per heavy atom. The van der Waals surface area contributed by atoms with Crippen LogP contribution in [-0.4, -0.2) is 60.1 Å². The molecule has 1 aliphatic heterocycles. The summed E-state index contributed by atoms with van der Waals surface area (Å²) in [5.74, 6) is 0.478. The molecular weight excluding hydrogens is 522 g/mol. The zero-order valence-electron chi connectivity index (χ0n) is 18.4. The lowest BCUT2D eigenvalue weighted by Gasteiger charge is -2.35. The van der Waals surface area contributed by atoms with Crippen LogP contribution in [0.4, 0.5) is 4.39 Å². The summed E-state index contributed by atoms with van der Waals surface area (Å²) >= 11 is 0. The molecule has 0 radical (unpaired) electrons. The highest BCUT2D eigenvalue weighted by molar-refractivity contribution is 14.0. The zero-order valence-corrected chi connectivity index (χ0v) is 20.8. The Hall–Kier alpha value is -2.24. The number of aliphatic imine (C=N–C) groups is 1. The molecule has 7 nitrogen and oxygen atoms in total. The molecule has 1 atom stereocenters. The average Bonchev–Trinajstić information content (AvgIpc) is 3.22. The van der Waals surface area contributed by atoms with E-state index in [1.807, 2.05) is 30.5 Å². The van der Waals surface area contributed by atoms with Gasteiger partial charge in [0.2, 0.25) is 0 Å². The van der Waals surface area contributed by atoms with Crippen LogP contribution in [0.15, 0.2) is 53.7 Å². The van der Waals surface area contributed by atoms with Crippen molar-refractivity contribution < 1.29 is 9.13 Å². The fourth-order valence-corrected chi connectivity index (χ4v) is 3.90. The van der Waals surface area contributed by atoms with Crippen LogP contribution in [0.3, 0.4) is 0 Å². The van der Waals surface area contributed by atoms with Crippen LogP contribution in [0, 0.1) is 12.7 Å². The molecule has 0 spiro atoms. The third-order valence-corrected chi connectivity index (χ3v) is 5.61. The predicted molar refractivity (Wildman–Crippen MR) is 135 cm³/mol. The lowest BCUT2D eigenvalue weighted by molar-refractivity contribution is 0.0170. The van der Waals surface area contributed by atoms with E-state index in [1.165, 1.54) is 12.1 Å². The van der Waals surface area contributed by atoms with E-state index in [4.69, 9.17) is 4.74 Å². The van der Waals surface area contributed by atoms with Crippen LogP contribution in [0.25, 0.3) is 5.65 Å². The Kier molecular flexibility index (Phi) is 8.83. The van der Waals surface area contributed by atoms with E-state index in [9.17, 15) is 4.39 Å². The number of ether oxygens (including phenoxy) is 1. The first-order valence-electron chi connectivity index (χ1n) is 10.6. The highest BCUT2D eigenvalue weighted by Crippen LogP contribution is 2.21. The van der Waals surface area contributed by atoms with E-state index < -0.39 is 0 Å². The second-order valence-electron chi connectivity index (χ2n) is 7.65. The molecule has 1 saturated heterocycles. The number of fused-ring (bicyclic) bond motifs is 1. The maximum atomic E-state index is 13.4. The van der Waals surface area contributed by atoms with Gasteiger partial charge in [0, 0.05) is 38.6 Å². The molecule has 9 heteroatoms. The van der Waals surface area contributed by atoms with Crippen molar-refractivity contribution in [3.63, 3.8) is 0 Å². The monoisotopic (exact) mass is 552 g/mol. The van der Waals surface area contributed by atoms with Gasteiger partial charge in [0.05, 0.1) is 31.5 Å². The van der Waals surface area contributed by atoms with Crippen molar-refractivity contribution in [2.24, 2.45) is 4.99 Å². The van der Waals surface area contributed by atoms with Gasteiger partial charge in [0.1, 0.15) is 11.5 Å². The number of guanidine groups is 1. The lowest BCUT2D eigenvalue weighted by Crippen LogP contribution is -2.46. The first-order valence-corrected chi connectivity index (χ1v) is 10.6. The summed E-state index contributed by atoms with van der Waals surface area (Å²) in [6.07, 6.45) is 2.04. The standard InChI is InChI=1S/C23H29FN6O.HI/c1-17-4-3-5-22-28-20(16-30(17)22)14-26-23(25-2)27-15-21(29-10-12-31-13-11-29)18-6-8-19(24)9-7-18;/h3-9,16,21H,10-15H2,1-2H3,(H2,25,26,27);1H. The number of imidazole rings is 1. The van der Waals surface area contributed by atoms with Crippen molar-refractivity contribution in [1.29, 1.82) is 0 Å². The molecule has 1 unspecified atom stereocenters. The lowest BCUT2D eigenvalue weighted by atomic mass is 10.0. The number of benzene rings is 1. The molecule has 0 amide bonds. The highest BCUT2D eigenvalue weighted by Gasteiger charge is 2.23. The van der Waals surface area contributed by atoms with Crippen molar-refractivity contribution in [1.82, 2.24) is 24.9 Å². The van der Waals surface area contributed by atoms with Crippen molar-refractivity contribution in [3.8, 4) is 0 Å². The number of rotatable bonds is 6. The average molecular weight is 552 g/mol. The predicted octanol–water partition coefficient (Wildman–Crippen LogP) is 3.14. The van der Waals surface area contributed by atoms with Crippen LogP contribution in [-0.2, 0) is 11.3 Å². The van der Waals surface area contributed by atoms with Gasteiger partial charge in [-0.1, -0.05) is 18.2 Å². The molecule has 2 aromatic heterocycles. The number of pyridine rings is 1.